The number of nitriles is 1. The van der Waals surface area contributed by atoms with Gasteiger partial charge in [-0.3, -0.25) is 10.1 Å². The van der Waals surface area contributed by atoms with Gasteiger partial charge in [0.15, 0.2) is 0 Å². The van der Waals surface area contributed by atoms with Crippen LogP contribution in [0.15, 0.2) is 29.8 Å². The first kappa shape index (κ1) is 14.7. The predicted octanol–water partition coefficient (Wildman–Crippen LogP) is 2.52. The molecule has 0 aliphatic heterocycles. The van der Waals surface area contributed by atoms with Gasteiger partial charge >= 0.3 is 6.09 Å². The van der Waals surface area contributed by atoms with E-state index in [-0.39, 0.29) is 12.2 Å². The van der Waals surface area contributed by atoms with Gasteiger partial charge in [-0.2, -0.15) is 5.26 Å². The summed E-state index contributed by atoms with van der Waals surface area (Å²) in [5.41, 5.74) is 0.426. The molecule has 0 saturated carbocycles. The minimum Gasteiger partial charge on any atom is -0.450 e. The van der Waals surface area contributed by atoms with Crippen molar-refractivity contribution in [3.05, 3.63) is 40.4 Å². The largest absolute Gasteiger partial charge is 0.450 e. The number of nitrogens with zero attached hydrogens (tertiary/aromatic N) is 1. The van der Waals surface area contributed by atoms with Crippen LogP contribution in [-0.4, -0.2) is 18.6 Å². The highest BCUT2D eigenvalue weighted by molar-refractivity contribution is 6.30. The van der Waals surface area contributed by atoms with E-state index in [1.54, 1.807) is 37.3 Å². The van der Waals surface area contributed by atoms with Crippen LogP contribution in [0.3, 0.4) is 0 Å². The van der Waals surface area contributed by atoms with Gasteiger partial charge in [-0.15, -0.1) is 0 Å². The molecule has 0 aliphatic rings. The Morgan fingerprint density at radius 1 is 1.42 bits per heavy atom. The van der Waals surface area contributed by atoms with E-state index in [1.807, 2.05) is 5.32 Å². The third kappa shape index (κ3) is 4.82. The van der Waals surface area contributed by atoms with E-state index in [0.717, 1.165) is 0 Å². The third-order valence-corrected chi connectivity index (χ3v) is 2.29. The Bertz CT molecular complexity index is 544. The Hall–Kier alpha value is -2.32. The topological polar surface area (TPSA) is 79.2 Å². The Labute approximate surface area is 115 Å². The Kier molecular flexibility index (Phi) is 5.58. The number of benzene rings is 1. The van der Waals surface area contributed by atoms with Gasteiger partial charge in [0.05, 0.1) is 6.61 Å². The molecular weight excluding hydrogens is 268 g/mol. The van der Waals surface area contributed by atoms with E-state index in [4.69, 9.17) is 16.9 Å². The summed E-state index contributed by atoms with van der Waals surface area (Å²) in [6.07, 6.45) is 0.468. The number of nitrogens with one attached hydrogen (secondary N) is 1. The summed E-state index contributed by atoms with van der Waals surface area (Å²) in [6, 6.07) is 8.28. The Morgan fingerprint density at radius 3 is 2.58 bits per heavy atom. The predicted molar refractivity (Wildman–Crippen MR) is 70.2 cm³/mol. The second-order valence-corrected chi connectivity index (χ2v) is 3.83. The van der Waals surface area contributed by atoms with Crippen LogP contribution in [-0.2, 0) is 9.53 Å². The van der Waals surface area contributed by atoms with Gasteiger partial charge in [0.25, 0.3) is 5.91 Å². The van der Waals surface area contributed by atoms with Crippen molar-refractivity contribution in [2.45, 2.75) is 6.92 Å². The van der Waals surface area contributed by atoms with Crippen molar-refractivity contribution in [1.82, 2.24) is 5.32 Å². The molecule has 0 bridgehead atoms. The molecule has 5 nitrogen and oxygen atoms in total. The number of hydrogen-bond acceptors (Lipinski definition) is 4. The fourth-order valence-corrected chi connectivity index (χ4v) is 1.33. The molecule has 0 unspecified atom stereocenters. The summed E-state index contributed by atoms with van der Waals surface area (Å²) >= 11 is 5.72. The maximum atomic E-state index is 11.6. The molecule has 98 valence electrons. The van der Waals surface area contributed by atoms with Gasteiger partial charge in [0.2, 0.25) is 0 Å². The number of carbonyl (C=O) groups is 2. The summed E-state index contributed by atoms with van der Waals surface area (Å²) in [6.45, 7) is 1.75. The first-order valence-corrected chi connectivity index (χ1v) is 5.80. The van der Waals surface area contributed by atoms with Crippen LogP contribution in [0, 0.1) is 11.3 Å². The molecule has 0 saturated heterocycles. The summed E-state index contributed by atoms with van der Waals surface area (Å²) in [5.74, 6) is -0.809. The van der Waals surface area contributed by atoms with Crippen LogP contribution in [0.2, 0.25) is 5.02 Å². The molecule has 1 rings (SSSR count). The molecular formula is C13H11ClN2O3. The van der Waals surface area contributed by atoms with Gasteiger partial charge in [-0.05, 0) is 30.7 Å². The number of hydrogen-bond donors (Lipinski definition) is 1. The molecule has 0 aliphatic carbocycles. The molecule has 1 N–H and O–H groups in total. The lowest BCUT2D eigenvalue weighted by molar-refractivity contribution is -0.116. The molecule has 1 aromatic rings. The zero-order chi connectivity index (χ0) is 14.3. The zero-order valence-electron chi connectivity index (χ0n) is 10.1. The van der Waals surface area contributed by atoms with Crippen molar-refractivity contribution in [3.63, 3.8) is 0 Å². The van der Waals surface area contributed by atoms with Crippen molar-refractivity contribution in [3.8, 4) is 6.07 Å². The normalized spacial score (nSPS) is 10.5. The minimum atomic E-state index is -0.884. The van der Waals surface area contributed by atoms with E-state index in [9.17, 15) is 9.59 Å². The monoisotopic (exact) mass is 278 g/mol. The fourth-order valence-electron chi connectivity index (χ4n) is 1.20. The first-order chi connectivity index (χ1) is 9.06. The van der Waals surface area contributed by atoms with E-state index >= 15 is 0 Å². The lowest BCUT2D eigenvalue weighted by Gasteiger charge is -2.03. The molecule has 0 radical (unpaired) electrons. The van der Waals surface area contributed by atoms with Gasteiger partial charge < -0.3 is 4.74 Å². The first-order valence-electron chi connectivity index (χ1n) is 5.42. The summed E-state index contributed by atoms with van der Waals surface area (Å²) < 4.78 is 4.55. The summed E-state index contributed by atoms with van der Waals surface area (Å²) in [5, 5.41) is 11.4. The zero-order valence-corrected chi connectivity index (χ0v) is 10.9. The van der Waals surface area contributed by atoms with Crippen LogP contribution >= 0.6 is 11.6 Å². The van der Waals surface area contributed by atoms with Crippen LogP contribution in [0.25, 0.3) is 6.08 Å². The van der Waals surface area contributed by atoms with E-state index in [0.29, 0.717) is 10.6 Å². The number of carbonyl (C=O) groups excluding carboxylic acids is 2. The Balaban J connectivity index is 2.83. The second-order valence-electron chi connectivity index (χ2n) is 3.40. The van der Waals surface area contributed by atoms with E-state index in [1.165, 1.54) is 6.08 Å². The van der Waals surface area contributed by atoms with Crippen molar-refractivity contribution in [2.24, 2.45) is 0 Å². The smallest absolute Gasteiger partial charge is 0.414 e. The molecule has 1 aromatic carbocycles. The van der Waals surface area contributed by atoms with Crippen LogP contribution in [0.4, 0.5) is 4.79 Å². The third-order valence-electron chi connectivity index (χ3n) is 2.04. The quantitative estimate of drug-likeness (QED) is 0.680. The maximum absolute atomic E-state index is 11.6. The number of amides is 2. The highest BCUT2D eigenvalue weighted by Gasteiger charge is 2.13. The fraction of sp³-hybridized carbons (Fsp3) is 0.154. The average Bonchev–Trinajstić information content (AvgIpc) is 2.38. The molecule has 0 spiro atoms. The van der Waals surface area contributed by atoms with Crippen molar-refractivity contribution < 1.29 is 14.3 Å². The number of halogens is 1. The molecule has 0 atom stereocenters. The van der Waals surface area contributed by atoms with Crippen LogP contribution < -0.4 is 5.32 Å². The van der Waals surface area contributed by atoms with Gasteiger partial charge in [0.1, 0.15) is 11.6 Å². The lowest BCUT2D eigenvalue weighted by atomic mass is 10.1. The van der Waals surface area contributed by atoms with Crippen molar-refractivity contribution in [2.75, 3.05) is 6.61 Å². The highest BCUT2D eigenvalue weighted by Crippen LogP contribution is 2.12. The van der Waals surface area contributed by atoms with Gasteiger partial charge in [-0.1, -0.05) is 23.7 Å². The number of imide groups is 1. The number of ether oxygens (including phenoxy) is 1. The molecule has 0 heterocycles. The standard InChI is InChI=1S/C13H11ClN2O3/c1-2-19-13(18)16-12(17)10(8-15)7-9-3-5-11(14)6-4-9/h3-7H,2H2,1H3,(H,16,17,18)/b10-7-. The lowest BCUT2D eigenvalue weighted by Crippen LogP contribution is -2.31. The molecule has 0 fully saturated rings. The SMILES string of the molecule is CCOC(=O)NC(=O)/C(C#N)=C\c1ccc(Cl)cc1. The van der Waals surface area contributed by atoms with E-state index in [2.05, 4.69) is 4.74 Å². The molecule has 0 aromatic heterocycles. The van der Waals surface area contributed by atoms with Crippen LogP contribution in [0.5, 0.6) is 0 Å². The van der Waals surface area contributed by atoms with Gasteiger partial charge in [-0.25, -0.2) is 4.79 Å². The van der Waals surface area contributed by atoms with Crippen LogP contribution in [0.1, 0.15) is 12.5 Å². The molecule has 19 heavy (non-hydrogen) atoms. The van der Waals surface area contributed by atoms with E-state index < -0.39 is 12.0 Å². The Morgan fingerprint density at radius 2 is 2.05 bits per heavy atom. The highest BCUT2D eigenvalue weighted by atomic mass is 35.5. The maximum Gasteiger partial charge on any atom is 0.414 e. The number of rotatable bonds is 3. The average molecular weight is 279 g/mol. The molecule has 6 heteroatoms. The summed E-state index contributed by atoms with van der Waals surface area (Å²) in [7, 11) is 0. The minimum absolute atomic E-state index is 0.141. The molecule has 2 amide bonds. The second kappa shape index (κ2) is 7.19. The van der Waals surface area contributed by atoms with Crippen molar-refractivity contribution >= 4 is 29.7 Å². The summed E-state index contributed by atoms with van der Waals surface area (Å²) in [4.78, 5) is 22.7. The van der Waals surface area contributed by atoms with Gasteiger partial charge in [0, 0.05) is 5.02 Å². The van der Waals surface area contributed by atoms with Crippen molar-refractivity contribution in [1.29, 1.82) is 5.26 Å². The number of alkyl carbamates (subject to hydrolysis) is 1.